The minimum Gasteiger partial charge on any atom is -0.491 e. The number of amides is 1. The highest BCUT2D eigenvalue weighted by Crippen LogP contribution is 2.57. The first-order valence-corrected chi connectivity index (χ1v) is 25.3. The van der Waals surface area contributed by atoms with E-state index in [1.165, 1.54) is 34.7 Å². The lowest BCUT2D eigenvalue weighted by molar-refractivity contribution is -0.157. The summed E-state index contributed by atoms with van der Waals surface area (Å²) in [4.78, 5) is 71.1. The second kappa shape index (κ2) is 20.3. The van der Waals surface area contributed by atoms with Gasteiger partial charge < -0.3 is 29.2 Å². The molecule has 1 aromatic carbocycles. The number of halogens is 4. The van der Waals surface area contributed by atoms with E-state index in [4.69, 9.17) is 40.5 Å². The van der Waals surface area contributed by atoms with E-state index < -0.39 is 53.6 Å². The number of methoxy groups -OCH3 is 1. The summed E-state index contributed by atoms with van der Waals surface area (Å²) in [6.45, 7) is 14.9. The summed E-state index contributed by atoms with van der Waals surface area (Å²) in [7, 11) is 1.29. The molecule has 0 bridgehead atoms. The third-order valence-corrected chi connectivity index (χ3v) is 15.6. The van der Waals surface area contributed by atoms with E-state index in [9.17, 15) is 32.3 Å². The fourth-order valence-corrected chi connectivity index (χ4v) is 11.6. The van der Waals surface area contributed by atoms with E-state index >= 15 is 0 Å². The molecule has 3 aromatic rings. The van der Waals surface area contributed by atoms with Crippen molar-refractivity contribution in [1.29, 1.82) is 0 Å². The standard InChI is InChI=1S/C50H64ClF3N6O8S/c1-8-31-23-49(31,46(64)65-7)24-39(61)38-20-33(25-60(38)45(63)35(48(4,5)6)21-42(62)68-32-18-29-17-30(29)19-32)67-41-22-36(37-26-69-47(57-37)55-28(2)3)56-44-34(41)9-10-40(43(44)51)66-16-15-58-11-13-59(14-12-58)27-50(52,53)54/h8-10,22,26,28-33,35,38H,1,11-21,23-25,27H2,2-7H3,(H,55,57)/t29-,30+,31-,32?,33-,35-,38+,49?/m1/s1. The largest absolute Gasteiger partial charge is 0.491 e. The molecule has 3 saturated carbocycles. The van der Waals surface area contributed by atoms with Crippen molar-refractivity contribution in [2.45, 2.75) is 110 Å². The van der Waals surface area contributed by atoms with Gasteiger partial charge in [0.25, 0.3) is 0 Å². The predicted molar refractivity (Wildman–Crippen MR) is 256 cm³/mol. The Bertz CT molecular complexity index is 2410. The van der Waals surface area contributed by atoms with Crippen LogP contribution in [0.4, 0.5) is 18.3 Å². The molecule has 2 aromatic heterocycles. The number of piperazine rings is 1. The van der Waals surface area contributed by atoms with Crippen molar-refractivity contribution in [3.05, 3.63) is 41.3 Å². The number of fused-ring (bicyclic) bond motifs is 2. The minimum atomic E-state index is -4.24. The normalized spacial score (nSPS) is 26.4. The molecule has 69 heavy (non-hydrogen) atoms. The van der Waals surface area contributed by atoms with Crippen LogP contribution in [0.1, 0.15) is 79.6 Å². The van der Waals surface area contributed by atoms with Crippen molar-refractivity contribution < 1.29 is 51.3 Å². The highest BCUT2D eigenvalue weighted by atomic mass is 35.5. The van der Waals surface area contributed by atoms with Gasteiger partial charge in [-0.2, -0.15) is 13.2 Å². The molecule has 1 amide bonds. The van der Waals surface area contributed by atoms with Crippen LogP contribution in [-0.2, 0) is 28.7 Å². The van der Waals surface area contributed by atoms with Crippen LogP contribution in [0.2, 0.25) is 5.02 Å². The molecule has 19 heteroatoms. The number of ether oxygens (including phenoxy) is 4. The van der Waals surface area contributed by atoms with Crippen molar-refractivity contribution in [2.75, 3.05) is 64.8 Å². The minimum absolute atomic E-state index is 0.0106. The molecule has 3 aliphatic carbocycles. The van der Waals surface area contributed by atoms with Crippen LogP contribution >= 0.6 is 22.9 Å². The van der Waals surface area contributed by atoms with Gasteiger partial charge in [0.1, 0.15) is 41.0 Å². The molecule has 8 atom stereocenters. The summed E-state index contributed by atoms with van der Waals surface area (Å²) in [5.74, 6) is -0.750. The molecule has 376 valence electrons. The molecule has 5 aliphatic rings. The zero-order valence-corrected chi connectivity index (χ0v) is 41.8. The number of esters is 2. The number of benzene rings is 1. The number of alkyl halides is 3. The average molecular weight is 1000 g/mol. The van der Waals surface area contributed by atoms with Gasteiger partial charge in [-0.15, -0.1) is 17.9 Å². The van der Waals surface area contributed by atoms with Crippen molar-refractivity contribution in [1.82, 2.24) is 24.7 Å². The number of hydrogen-bond acceptors (Lipinski definition) is 14. The summed E-state index contributed by atoms with van der Waals surface area (Å²) in [5, 5.41) is 6.63. The van der Waals surface area contributed by atoms with Crippen LogP contribution in [0.25, 0.3) is 22.3 Å². The molecule has 4 heterocycles. The maximum atomic E-state index is 15.0. The van der Waals surface area contributed by atoms with Crippen molar-refractivity contribution >= 4 is 62.6 Å². The summed E-state index contributed by atoms with van der Waals surface area (Å²) in [5.41, 5.74) is -0.390. The zero-order valence-electron chi connectivity index (χ0n) is 40.2. The van der Waals surface area contributed by atoms with E-state index in [0.29, 0.717) is 89.9 Å². The maximum absolute atomic E-state index is 15.0. The van der Waals surface area contributed by atoms with Gasteiger partial charge in [-0.05, 0) is 74.8 Å². The number of likely N-dealkylation sites (tertiary alicyclic amines) is 1. The Hall–Kier alpha value is -4.52. The van der Waals surface area contributed by atoms with E-state index in [1.54, 1.807) is 24.3 Å². The Labute approximate surface area is 410 Å². The number of rotatable bonds is 19. The van der Waals surface area contributed by atoms with Crippen LogP contribution in [0.15, 0.2) is 36.2 Å². The summed E-state index contributed by atoms with van der Waals surface area (Å²) in [6.07, 6.45) is -0.382. The Morgan fingerprint density at radius 1 is 0.986 bits per heavy atom. The van der Waals surface area contributed by atoms with Gasteiger partial charge in [-0.1, -0.05) is 38.4 Å². The van der Waals surface area contributed by atoms with Crippen molar-refractivity contribution in [3.8, 4) is 22.9 Å². The van der Waals surface area contributed by atoms with Gasteiger partial charge in [0, 0.05) is 68.4 Å². The number of hydrogen-bond donors (Lipinski definition) is 1. The van der Waals surface area contributed by atoms with Crippen LogP contribution in [0.3, 0.4) is 0 Å². The fraction of sp³-hybridized carbons (Fsp3) is 0.640. The third-order valence-electron chi connectivity index (χ3n) is 14.5. The number of nitrogens with one attached hydrogen (secondary N) is 1. The first-order valence-electron chi connectivity index (χ1n) is 24.0. The first kappa shape index (κ1) is 50.9. The molecular formula is C50H64ClF3N6O8S. The second-order valence-electron chi connectivity index (χ2n) is 21.0. The molecule has 2 aliphatic heterocycles. The van der Waals surface area contributed by atoms with Gasteiger partial charge in [0.05, 0.1) is 55.2 Å². The lowest BCUT2D eigenvalue weighted by atomic mass is 9.77. The Morgan fingerprint density at radius 3 is 2.33 bits per heavy atom. The third kappa shape index (κ3) is 11.8. The van der Waals surface area contributed by atoms with Gasteiger partial charge >= 0.3 is 18.1 Å². The molecular weight excluding hydrogens is 937 g/mol. The van der Waals surface area contributed by atoms with Crippen LogP contribution in [0.5, 0.6) is 11.5 Å². The summed E-state index contributed by atoms with van der Waals surface area (Å²) in [6, 6.07) is 4.40. The zero-order chi connectivity index (χ0) is 49.6. The highest BCUT2D eigenvalue weighted by molar-refractivity contribution is 7.14. The fourth-order valence-electron chi connectivity index (χ4n) is 10.5. The number of nitrogens with zero attached hydrogens (tertiary/aromatic N) is 5. The van der Waals surface area contributed by atoms with E-state index in [2.05, 4.69) is 11.9 Å². The first-order chi connectivity index (χ1) is 32.6. The number of carbonyl (C=O) groups excluding carboxylic acids is 4. The van der Waals surface area contributed by atoms with Gasteiger partial charge in [0.2, 0.25) is 5.91 Å². The maximum Gasteiger partial charge on any atom is 0.401 e. The number of anilines is 1. The number of carbonyl (C=O) groups is 4. The van der Waals surface area contributed by atoms with E-state index in [-0.39, 0.29) is 67.2 Å². The van der Waals surface area contributed by atoms with Crippen molar-refractivity contribution in [3.63, 3.8) is 0 Å². The van der Waals surface area contributed by atoms with E-state index in [1.807, 2.05) is 44.9 Å². The Morgan fingerprint density at radius 2 is 1.70 bits per heavy atom. The van der Waals surface area contributed by atoms with Gasteiger partial charge in [0.15, 0.2) is 10.9 Å². The smallest absolute Gasteiger partial charge is 0.401 e. The monoisotopic (exact) mass is 1000 g/mol. The van der Waals surface area contributed by atoms with Crippen LogP contribution < -0.4 is 14.8 Å². The van der Waals surface area contributed by atoms with Crippen molar-refractivity contribution in [2.24, 2.45) is 34.5 Å². The Balaban J connectivity index is 1.06. The Kier molecular flexibility index (Phi) is 15.0. The molecule has 2 saturated heterocycles. The number of Topliss-reactive ketones (excluding diaryl/α,β-unsaturated/α-hetero) is 1. The molecule has 0 spiro atoms. The van der Waals surface area contributed by atoms with Gasteiger partial charge in [-0.3, -0.25) is 29.0 Å². The number of ketones is 1. The second-order valence-corrected chi connectivity index (χ2v) is 22.2. The van der Waals surface area contributed by atoms with Gasteiger partial charge in [-0.25, -0.2) is 9.97 Å². The molecule has 0 radical (unpaired) electrons. The number of pyridine rings is 1. The molecule has 14 nitrogen and oxygen atoms in total. The topological polar surface area (TPSA) is 153 Å². The highest BCUT2D eigenvalue weighted by Gasteiger charge is 2.61. The van der Waals surface area contributed by atoms with E-state index in [0.717, 1.165) is 12.8 Å². The lowest BCUT2D eigenvalue weighted by Gasteiger charge is -2.35. The summed E-state index contributed by atoms with van der Waals surface area (Å²) >= 11 is 8.54. The predicted octanol–water partition coefficient (Wildman–Crippen LogP) is 8.46. The quantitative estimate of drug-likeness (QED) is 0.0904. The average Bonchev–Trinajstić information content (AvgIpc) is 3.95. The van der Waals surface area contributed by atoms with Crippen LogP contribution in [-0.4, -0.2) is 138 Å². The SMILES string of the molecule is C=C[C@@H]1CC1(CC(=O)[C@@H]1C[C@@H](Oc2cc(-c3csc(NC(C)C)n3)nc3c(Cl)c(OCCN4CCN(CC(F)(F)F)CC4)ccc23)CN1C(=O)[C@@H](CC(=O)OC1C[C@@H]2C[C@@H]2C1)C(C)(C)C)C(=O)OC. The molecule has 2 unspecified atom stereocenters. The molecule has 5 fully saturated rings. The molecule has 8 rings (SSSR count). The number of thiazole rings is 1. The summed E-state index contributed by atoms with van der Waals surface area (Å²) < 4.78 is 63.0. The number of aromatic nitrogens is 2. The lowest BCUT2D eigenvalue weighted by Crippen LogP contribution is -2.49. The van der Waals surface area contributed by atoms with Crippen LogP contribution in [0, 0.1) is 34.5 Å². The number of allylic oxidation sites excluding steroid dienone is 1. The molecule has 1 N–H and O–H groups in total.